The second-order valence-corrected chi connectivity index (χ2v) is 9.61. The van der Waals surface area contributed by atoms with Gasteiger partial charge in [-0.05, 0) is 55.7 Å². The van der Waals surface area contributed by atoms with E-state index in [1.54, 1.807) is 24.5 Å². The molecule has 0 aliphatic heterocycles. The van der Waals surface area contributed by atoms with Gasteiger partial charge in [0.05, 0.1) is 19.0 Å². The van der Waals surface area contributed by atoms with E-state index in [9.17, 15) is 9.50 Å². The number of aliphatic hydroxyl groups is 1. The summed E-state index contributed by atoms with van der Waals surface area (Å²) in [5.74, 6) is 0.797. The van der Waals surface area contributed by atoms with Crippen LogP contribution in [0.4, 0.5) is 21.8 Å². The number of hydrogen-bond acceptors (Lipinski definition) is 6. The Morgan fingerprint density at radius 2 is 1.83 bits per heavy atom. The number of fused-ring (bicyclic) bond motifs is 1. The number of aliphatic hydroxyl groups excluding tert-OH is 1. The molecule has 1 atom stereocenters. The Bertz CT molecular complexity index is 1290. The molecule has 0 bridgehead atoms. The number of imidazole rings is 1. The molecule has 2 aromatic heterocycles. The Kier molecular flexibility index (Phi) is 7.52. The number of nitrogens with zero attached hydrogens (tertiary/aromatic N) is 5. The summed E-state index contributed by atoms with van der Waals surface area (Å²) >= 11 is 6.20. The first kappa shape index (κ1) is 24.9. The van der Waals surface area contributed by atoms with E-state index in [0.29, 0.717) is 34.5 Å². The fraction of sp³-hybridized carbons (Fsp3) is 0.346. The van der Waals surface area contributed by atoms with Crippen LogP contribution in [0.2, 0.25) is 5.02 Å². The van der Waals surface area contributed by atoms with Gasteiger partial charge in [0.15, 0.2) is 17.0 Å². The molecule has 35 heavy (non-hydrogen) atoms. The number of anilines is 3. The summed E-state index contributed by atoms with van der Waals surface area (Å²) < 4.78 is 15.5. The van der Waals surface area contributed by atoms with Crippen molar-refractivity contribution in [3.05, 3.63) is 71.3 Å². The summed E-state index contributed by atoms with van der Waals surface area (Å²) in [6, 6.07) is 13.6. The second kappa shape index (κ2) is 10.6. The van der Waals surface area contributed by atoms with Gasteiger partial charge < -0.3 is 19.9 Å². The summed E-state index contributed by atoms with van der Waals surface area (Å²) in [5, 5.41) is 14.2. The number of halogens is 2. The topological polar surface area (TPSA) is 79.1 Å². The van der Waals surface area contributed by atoms with E-state index in [4.69, 9.17) is 21.6 Å². The number of nitrogens with one attached hydrogen (secondary N) is 1. The third kappa shape index (κ3) is 5.55. The van der Waals surface area contributed by atoms with Crippen LogP contribution < -0.4 is 10.2 Å². The van der Waals surface area contributed by atoms with Crippen LogP contribution in [0.3, 0.4) is 0 Å². The maximum absolute atomic E-state index is 13.5. The van der Waals surface area contributed by atoms with Crippen molar-refractivity contribution < 1.29 is 9.50 Å². The molecule has 2 N–H and O–H groups in total. The molecular formula is C26H30ClFN6O. The van der Waals surface area contributed by atoms with Gasteiger partial charge in [-0.2, -0.15) is 9.97 Å². The van der Waals surface area contributed by atoms with Gasteiger partial charge in [-0.1, -0.05) is 43.6 Å². The lowest BCUT2D eigenvalue weighted by Gasteiger charge is -2.33. The largest absolute Gasteiger partial charge is 0.394 e. The molecule has 0 saturated carbocycles. The Labute approximate surface area is 209 Å². The molecular weight excluding hydrogens is 467 g/mol. The zero-order valence-corrected chi connectivity index (χ0v) is 21.0. The lowest BCUT2D eigenvalue weighted by molar-refractivity contribution is 0.228. The van der Waals surface area contributed by atoms with Gasteiger partial charge in [0.25, 0.3) is 0 Å². The smallest absolute Gasteiger partial charge is 0.230 e. The van der Waals surface area contributed by atoms with Crippen LogP contribution in [0.5, 0.6) is 0 Å². The van der Waals surface area contributed by atoms with E-state index >= 15 is 0 Å². The van der Waals surface area contributed by atoms with Crippen LogP contribution in [-0.2, 0) is 6.54 Å². The van der Waals surface area contributed by atoms with Crippen LogP contribution in [0.25, 0.3) is 11.2 Å². The van der Waals surface area contributed by atoms with E-state index in [2.05, 4.69) is 24.1 Å². The van der Waals surface area contributed by atoms with Crippen molar-refractivity contribution in [1.29, 1.82) is 0 Å². The maximum atomic E-state index is 13.5. The molecule has 4 aromatic rings. The Hall–Kier alpha value is -3.23. The molecule has 0 spiro atoms. The zero-order valence-electron chi connectivity index (χ0n) is 20.3. The molecule has 2 aromatic carbocycles. The van der Waals surface area contributed by atoms with E-state index in [1.165, 1.54) is 12.1 Å². The number of benzene rings is 2. The molecule has 0 aliphatic rings. The maximum Gasteiger partial charge on any atom is 0.230 e. The number of rotatable bonds is 9. The van der Waals surface area contributed by atoms with Crippen LogP contribution in [-0.4, -0.2) is 37.3 Å². The summed E-state index contributed by atoms with van der Waals surface area (Å²) in [7, 11) is 0. The van der Waals surface area contributed by atoms with Crippen molar-refractivity contribution in [1.82, 2.24) is 19.5 Å². The van der Waals surface area contributed by atoms with E-state index in [-0.39, 0.29) is 30.4 Å². The fourth-order valence-electron chi connectivity index (χ4n) is 3.99. The average Bonchev–Trinajstić information content (AvgIpc) is 3.25. The third-order valence-electron chi connectivity index (χ3n) is 5.93. The standard InChI is InChI=1S/C26H30ClFN6O/c1-16(2)22(14-35)33(13-18-8-10-20(28)11-9-18)26-31-24(30-21-7-5-6-19(27)12-21)23-25(32-26)34(15-29-23)17(3)4/h5-12,15-17,22,35H,13-14H2,1-4H3,(H,30,31,32)/t22-/m0/s1. The van der Waals surface area contributed by atoms with Crippen molar-refractivity contribution in [2.45, 2.75) is 46.3 Å². The fourth-order valence-corrected chi connectivity index (χ4v) is 4.18. The third-order valence-corrected chi connectivity index (χ3v) is 6.17. The first-order valence-electron chi connectivity index (χ1n) is 11.7. The number of aromatic nitrogens is 4. The monoisotopic (exact) mass is 496 g/mol. The van der Waals surface area contributed by atoms with E-state index in [0.717, 1.165) is 11.3 Å². The van der Waals surface area contributed by atoms with Crippen LogP contribution >= 0.6 is 11.6 Å². The first-order chi connectivity index (χ1) is 16.8. The Balaban J connectivity index is 1.87. The Morgan fingerprint density at radius 3 is 2.46 bits per heavy atom. The number of hydrogen-bond donors (Lipinski definition) is 2. The zero-order chi connectivity index (χ0) is 25.1. The van der Waals surface area contributed by atoms with Gasteiger partial charge in [0, 0.05) is 23.3 Å². The first-order valence-corrected chi connectivity index (χ1v) is 12.0. The Morgan fingerprint density at radius 1 is 1.09 bits per heavy atom. The van der Waals surface area contributed by atoms with Crippen molar-refractivity contribution in [3.8, 4) is 0 Å². The predicted octanol–water partition coefficient (Wildman–Crippen LogP) is 5.97. The van der Waals surface area contributed by atoms with Gasteiger partial charge in [-0.15, -0.1) is 0 Å². The van der Waals surface area contributed by atoms with Gasteiger partial charge in [-0.25, -0.2) is 9.37 Å². The highest BCUT2D eigenvalue weighted by atomic mass is 35.5. The van der Waals surface area contributed by atoms with E-state index in [1.807, 2.05) is 41.5 Å². The lowest BCUT2D eigenvalue weighted by atomic mass is 10.0. The quantitative estimate of drug-likeness (QED) is 0.297. The molecule has 184 valence electrons. The van der Waals surface area contributed by atoms with Crippen LogP contribution in [0.1, 0.15) is 39.3 Å². The molecule has 4 rings (SSSR count). The van der Waals surface area contributed by atoms with Gasteiger partial charge in [0.2, 0.25) is 5.95 Å². The van der Waals surface area contributed by atoms with Gasteiger partial charge >= 0.3 is 0 Å². The summed E-state index contributed by atoms with van der Waals surface area (Å²) in [6.45, 7) is 8.53. The molecule has 7 nitrogen and oxygen atoms in total. The molecule has 0 radical (unpaired) electrons. The van der Waals surface area contributed by atoms with Crippen molar-refractivity contribution >= 4 is 40.2 Å². The second-order valence-electron chi connectivity index (χ2n) is 9.17. The van der Waals surface area contributed by atoms with Crippen LogP contribution in [0.15, 0.2) is 54.9 Å². The SMILES string of the molecule is CC(C)[C@H](CO)N(Cc1ccc(F)cc1)c1nc(Nc2cccc(Cl)c2)c2ncn(C(C)C)c2n1. The molecule has 2 heterocycles. The van der Waals surface area contributed by atoms with E-state index < -0.39 is 0 Å². The lowest BCUT2D eigenvalue weighted by Crippen LogP contribution is -2.42. The molecule has 0 saturated heterocycles. The highest BCUT2D eigenvalue weighted by Crippen LogP contribution is 2.30. The minimum absolute atomic E-state index is 0.0826. The summed E-state index contributed by atoms with van der Waals surface area (Å²) in [4.78, 5) is 16.3. The molecule has 0 amide bonds. The summed E-state index contributed by atoms with van der Waals surface area (Å²) in [6.07, 6.45) is 1.76. The molecule has 0 aliphatic carbocycles. The minimum Gasteiger partial charge on any atom is -0.394 e. The molecule has 9 heteroatoms. The van der Waals surface area contributed by atoms with Crippen molar-refractivity contribution in [2.24, 2.45) is 5.92 Å². The van der Waals surface area contributed by atoms with Gasteiger partial charge in [-0.3, -0.25) is 0 Å². The minimum atomic E-state index is -0.297. The molecule has 0 unspecified atom stereocenters. The summed E-state index contributed by atoms with van der Waals surface area (Å²) in [5.41, 5.74) is 2.97. The normalized spacial score (nSPS) is 12.5. The average molecular weight is 497 g/mol. The highest BCUT2D eigenvalue weighted by molar-refractivity contribution is 6.30. The predicted molar refractivity (Wildman–Crippen MR) is 139 cm³/mol. The van der Waals surface area contributed by atoms with Crippen molar-refractivity contribution in [3.63, 3.8) is 0 Å². The van der Waals surface area contributed by atoms with Crippen molar-refractivity contribution in [2.75, 3.05) is 16.8 Å². The molecule has 0 fully saturated rings. The highest BCUT2D eigenvalue weighted by Gasteiger charge is 2.26. The van der Waals surface area contributed by atoms with Gasteiger partial charge in [0.1, 0.15) is 5.82 Å². The van der Waals surface area contributed by atoms with Crippen LogP contribution in [0, 0.1) is 11.7 Å².